The lowest BCUT2D eigenvalue weighted by atomic mass is 10.2. The van der Waals surface area contributed by atoms with Crippen molar-refractivity contribution in [2.75, 3.05) is 12.9 Å². The highest BCUT2D eigenvalue weighted by molar-refractivity contribution is 7.90. The number of alkyl halides is 3. The van der Waals surface area contributed by atoms with E-state index in [1.165, 1.54) is 42.6 Å². The Morgan fingerprint density at radius 3 is 2.54 bits per heavy atom. The van der Waals surface area contributed by atoms with E-state index < -0.39 is 28.5 Å². The number of halogens is 3. The van der Waals surface area contributed by atoms with Crippen LogP contribution in [0.1, 0.15) is 15.9 Å². The van der Waals surface area contributed by atoms with Crippen molar-refractivity contribution in [2.45, 2.75) is 17.6 Å². The van der Waals surface area contributed by atoms with Crippen molar-refractivity contribution < 1.29 is 31.1 Å². The molecule has 0 aliphatic rings. The van der Waals surface area contributed by atoms with Crippen LogP contribution in [0.15, 0.2) is 47.5 Å². The lowest BCUT2D eigenvalue weighted by Crippen LogP contribution is -2.26. The predicted molar refractivity (Wildman–Crippen MR) is 86.5 cm³/mol. The number of hydrogen-bond donors (Lipinski definition) is 1. The number of sulfone groups is 1. The van der Waals surface area contributed by atoms with Gasteiger partial charge < -0.3 is 10.1 Å². The summed E-state index contributed by atoms with van der Waals surface area (Å²) in [6, 6.07) is 8.55. The number of nitrogens with one attached hydrogen (secondary N) is 1. The predicted octanol–water partition coefficient (Wildman–Crippen LogP) is 2.36. The number of carbonyl (C=O) groups is 1. The number of pyridine rings is 1. The van der Waals surface area contributed by atoms with Gasteiger partial charge in [0.25, 0.3) is 5.91 Å². The summed E-state index contributed by atoms with van der Waals surface area (Å²) in [7, 11) is -3.62. The molecule has 1 aromatic carbocycles. The summed E-state index contributed by atoms with van der Waals surface area (Å²) in [4.78, 5) is 15.9. The van der Waals surface area contributed by atoms with Crippen molar-refractivity contribution in [3.8, 4) is 5.88 Å². The van der Waals surface area contributed by atoms with Gasteiger partial charge in [-0.3, -0.25) is 4.79 Å². The second-order valence-electron chi connectivity index (χ2n) is 5.32. The van der Waals surface area contributed by atoms with Crippen LogP contribution in [0.25, 0.3) is 0 Å². The Morgan fingerprint density at radius 1 is 1.19 bits per heavy atom. The Labute approximate surface area is 147 Å². The molecule has 10 heteroatoms. The van der Waals surface area contributed by atoms with E-state index in [1.54, 1.807) is 0 Å². The van der Waals surface area contributed by atoms with E-state index in [9.17, 15) is 26.4 Å². The smallest absolute Gasteiger partial charge is 0.422 e. The summed E-state index contributed by atoms with van der Waals surface area (Å²) in [5.74, 6) is -0.946. The average molecular weight is 388 g/mol. The molecule has 0 aliphatic heterocycles. The Morgan fingerprint density at radius 2 is 1.88 bits per heavy atom. The van der Waals surface area contributed by atoms with E-state index in [0.717, 1.165) is 6.26 Å². The van der Waals surface area contributed by atoms with Crippen molar-refractivity contribution in [3.63, 3.8) is 0 Å². The zero-order valence-corrected chi connectivity index (χ0v) is 14.4. The Hall–Kier alpha value is -2.62. The third kappa shape index (κ3) is 5.45. The van der Waals surface area contributed by atoms with E-state index in [1.807, 2.05) is 0 Å². The zero-order valence-electron chi connectivity index (χ0n) is 13.6. The molecule has 0 fully saturated rings. The van der Waals surface area contributed by atoms with Crippen molar-refractivity contribution in [2.24, 2.45) is 0 Å². The summed E-state index contributed by atoms with van der Waals surface area (Å²) in [5, 5.41) is 2.46. The Bertz CT molecular complexity index is 898. The molecule has 0 radical (unpaired) electrons. The van der Waals surface area contributed by atoms with Crippen LogP contribution in [0.2, 0.25) is 0 Å². The molecule has 140 valence electrons. The second kappa shape index (κ2) is 7.73. The molecular formula is C16H15F3N2O4S. The van der Waals surface area contributed by atoms with Gasteiger partial charge >= 0.3 is 6.18 Å². The summed E-state index contributed by atoms with van der Waals surface area (Å²) in [5.41, 5.74) is 0.165. The van der Waals surface area contributed by atoms with Gasteiger partial charge in [0.15, 0.2) is 16.4 Å². The SMILES string of the molecule is CS(=O)(=O)c1ccccc1C(=O)NCc1cccnc1OCC(F)(F)F. The number of carbonyl (C=O) groups excluding carboxylic acids is 1. The maximum Gasteiger partial charge on any atom is 0.422 e. The van der Waals surface area contributed by atoms with Crippen LogP contribution >= 0.6 is 0 Å². The number of amides is 1. The monoisotopic (exact) mass is 388 g/mol. The van der Waals surface area contributed by atoms with Crippen LogP contribution in [0.5, 0.6) is 5.88 Å². The molecule has 0 saturated heterocycles. The molecule has 2 aromatic rings. The Kier molecular flexibility index (Phi) is 5.86. The van der Waals surface area contributed by atoms with Gasteiger partial charge in [0.1, 0.15) is 0 Å². The van der Waals surface area contributed by atoms with E-state index in [2.05, 4.69) is 15.0 Å². The first-order valence-electron chi connectivity index (χ1n) is 7.28. The first-order valence-corrected chi connectivity index (χ1v) is 9.18. The number of rotatable bonds is 6. The fourth-order valence-electron chi connectivity index (χ4n) is 2.09. The van der Waals surface area contributed by atoms with E-state index in [-0.39, 0.29) is 28.4 Å². The lowest BCUT2D eigenvalue weighted by molar-refractivity contribution is -0.154. The molecule has 0 aliphatic carbocycles. The van der Waals surface area contributed by atoms with Crippen LogP contribution in [0.4, 0.5) is 13.2 Å². The van der Waals surface area contributed by atoms with Crippen molar-refractivity contribution >= 4 is 15.7 Å². The molecule has 1 aromatic heterocycles. The molecular weight excluding hydrogens is 373 g/mol. The van der Waals surface area contributed by atoms with Gasteiger partial charge in [0.2, 0.25) is 5.88 Å². The summed E-state index contributed by atoms with van der Waals surface area (Å²) >= 11 is 0. The van der Waals surface area contributed by atoms with Gasteiger partial charge in [-0.2, -0.15) is 13.2 Å². The number of nitrogens with zero attached hydrogens (tertiary/aromatic N) is 1. The first-order chi connectivity index (χ1) is 12.1. The van der Waals surface area contributed by atoms with Gasteiger partial charge in [-0.25, -0.2) is 13.4 Å². The highest BCUT2D eigenvalue weighted by Crippen LogP contribution is 2.20. The minimum atomic E-state index is -4.52. The van der Waals surface area contributed by atoms with E-state index >= 15 is 0 Å². The molecule has 26 heavy (non-hydrogen) atoms. The number of hydrogen-bond acceptors (Lipinski definition) is 5. The first kappa shape index (κ1) is 19.7. The maximum atomic E-state index is 12.3. The highest BCUT2D eigenvalue weighted by atomic mass is 32.2. The minimum Gasteiger partial charge on any atom is -0.468 e. The molecule has 0 spiro atoms. The standard InChI is InChI=1S/C16H15F3N2O4S/c1-26(23,24)13-7-3-2-6-12(13)14(22)21-9-11-5-4-8-20-15(11)25-10-16(17,18)19/h2-8H,9-10H2,1H3,(H,21,22). The van der Waals surface area contributed by atoms with Crippen LogP contribution in [0.3, 0.4) is 0 Å². The second-order valence-corrected chi connectivity index (χ2v) is 7.31. The third-order valence-corrected chi connectivity index (χ3v) is 4.35. The summed E-state index contributed by atoms with van der Waals surface area (Å²) in [6.45, 7) is -1.69. The quantitative estimate of drug-likeness (QED) is 0.821. The fraction of sp³-hybridized carbons (Fsp3) is 0.250. The van der Waals surface area contributed by atoms with Gasteiger partial charge in [0, 0.05) is 24.6 Å². The summed E-state index contributed by atoms with van der Waals surface area (Å²) < 4.78 is 65.0. The molecule has 2 rings (SSSR count). The molecule has 6 nitrogen and oxygen atoms in total. The van der Waals surface area contributed by atoms with Crippen LogP contribution in [-0.2, 0) is 16.4 Å². The molecule has 1 amide bonds. The zero-order chi connectivity index (χ0) is 19.4. The van der Waals surface area contributed by atoms with Crippen molar-refractivity contribution in [1.82, 2.24) is 10.3 Å². The maximum absolute atomic E-state index is 12.3. The topological polar surface area (TPSA) is 85.4 Å². The van der Waals surface area contributed by atoms with E-state index in [4.69, 9.17) is 0 Å². The van der Waals surface area contributed by atoms with Crippen molar-refractivity contribution in [3.05, 3.63) is 53.7 Å². The molecule has 0 atom stereocenters. The van der Waals surface area contributed by atoms with Gasteiger partial charge in [0.05, 0.1) is 10.5 Å². The lowest BCUT2D eigenvalue weighted by Gasteiger charge is -2.13. The fourth-order valence-corrected chi connectivity index (χ4v) is 2.97. The molecule has 1 heterocycles. The molecule has 0 unspecified atom stereocenters. The minimum absolute atomic E-state index is 0.0587. The molecule has 0 saturated carbocycles. The number of aromatic nitrogens is 1. The average Bonchev–Trinajstić information content (AvgIpc) is 2.57. The summed E-state index contributed by atoms with van der Waals surface area (Å²) in [6.07, 6.45) is -2.29. The van der Waals surface area contributed by atoms with Gasteiger partial charge in [-0.15, -0.1) is 0 Å². The van der Waals surface area contributed by atoms with Crippen LogP contribution in [0, 0.1) is 0 Å². The van der Waals surface area contributed by atoms with Crippen LogP contribution in [-0.4, -0.2) is 38.3 Å². The Balaban J connectivity index is 2.14. The van der Waals surface area contributed by atoms with Gasteiger partial charge in [-0.1, -0.05) is 18.2 Å². The molecule has 1 N–H and O–H groups in total. The van der Waals surface area contributed by atoms with Crippen LogP contribution < -0.4 is 10.1 Å². The van der Waals surface area contributed by atoms with Crippen molar-refractivity contribution in [1.29, 1.82) is 0 Å². The number of benzene rings is 1. The largest absolute Gasteiger partial charge is 0.468 e. The third-order valence-electron chi connectivity index (χ3n) is 3.19. The molecule has 0 bridgehead atoms. The normalized spacial score (nSPS) is 11.8. The van der Waals surface area contributed by atoms with E-state index in [0.29, 0.717) is 0 Å². The number of ether oxygens (including phenoxy) is 1. The highest BCUT2D eigenvalue weighted by Gasteiger charge is 2.29. The van der Waals surface area contributed by atoms with Gasteiger partial charge in [-0.05, 0) is 18.2 Å².